The Morgan fingerprint density at radius 3 is 2.62 bits per heavy atom. The van der Waals surface area contributed by atoms with Gasteiger partial charge in [0.05, 0.1) is 0 Å². The monoisotopic (exact) mass is 171 g/mol. The van der Waals surface area contributed by atoms with Crippen LogP contribution >= 0.6 is 0 Å². The standard InChI is InChI=1S/C12H13N/c1-2-10-5-7-11(8-6-10)12-4-3-9-13-12/h1,5-8,12-13H,3-4,9H2. The highest BCUT2D eigenvalue weighted by atomic mass is 14.9. The van der Waals surface area contributed by atoms with Crippen LogP contribution in [0.2, 0.25) is 0 Å². The van der Waals surface area contributed by atoms with Gasteiger partial charge in [-0.2, -0.15) is 0 Å². The number of terminal acetylenes is 1. The molecule has 1 nitrogen and oxygen atoms in total. The lowest BCUT2D eigenvalue weighted by molar-refractivity contribution is 0.648. The minimum Gasteiger partial charge on any atom is -0.310 e. The third-order valence-corrected chi connectivity index (χ3v) is 2.54. The molecular weight excluding hydrogens is 158 g/mol. The summed E-state index contributed by atoms with van der Waals surface area (Å²) in [6.07, 6.45) is 7.81. The molecule has 1 atom stereocenters. The second-order valence-corrected chi connectivity index (χ2v) is 3.42. The minimum atomic E-state index is 0.548. The van der Waals surface area contributed by atoms with Crippen molar-refractivity contribution < 1.29 is 0 Å². The van der Waals surface area contributed by atoms with Crippen LogP contribution in [0.15, 0.2) is 24.3 Å². The first-order valence-corrected chi connectivity index (χ1v) is 4.70. The molecule has 13 heavy (non-hydrogen) atoms. The predicted octanol–water partition coefficient (Wildman–Crippen LogP) is 2.09. The molecule has 1 aliphatic rings. The van der Waals surface area contributed by atoms with Gasteiger partial charge in [-0.1, -0.05) is 18.1 Å². The van der Waals surface area contributed by atoms with Crippen LogP contribution in [-0.2, 0) is 0 Å². The minimum absolute atomic E-state index is 0.548. The molecule has 1 aromatic carbocycles. The topological polar surface area (TPSA) is 12.0 Å². The van der Waals surface area contributed by atoms with E-state index in [4.69, 9.17) is 6.42 Å². The third-order valence-electron chi connectivity index (χ3n) is 2.54. The Balaban J connectivity index is 2.18. The fourth-order valence-corrected chi connectivity index (χ4v) is 1.78. The summed E-state index contributed by atoms with van der Waals surface area (Å²) >= 11 is 0. The van der Waals surface area contributed by atoms with Crippen molar-refractivity contribution in [1.82, 2.24) is 5.32 Å². The van der Waals surface area contributed by atoms with Crippen molar-refractivity contribution in [3.05, 3.63) is 35.4 Å². The van der Waals surface area contributed by atoms with Crippen molar-refractivity contribution in [2.75, 3.05) is 6.54 Å². The highest BCUT2D eigenvalue weighted by molar-refractivity contribution is 5.35. The second-order valence-electron chi connectivity index (χ2n) is 3.42. The Kier molecular flexibility index (Phi) is 2.33. The van der Waals surface area contributed by atoms with Crippen LogP contribution in [-0.4, -0.2) is 6.54 Å². The van der Waals surface area contributed by atoms with Gasteiger partial charge in [-0.15, -0.1) is 6.42 Å². The largest absolute Gasteiger partial charge is 0.310 e. The van der Waals surface area contributed by atoms with Gasteiger partial charge in [-0.25, -0.2) is 0 Å². The summed E-state index contributed by atoms with van der Waals surface area (Å²) in [4.78, 5) is 0. The molecule has 0 aliphatic carbocycles. The summed E-state index contributed by atoms with van der Waals surface area (Å²) < 4.78 is 0. The van der Waals surface area contributed by atoms with Crippen molar-refractivity contribution in [2.45, 2.75) is 18.9 Å². The fourth-order valence-electron chi connectivity index (χ4n) is 1.78. The van der Waals surface area contributed by atoms with Gasteiger partial charge in [0, 0.05) is 11.6 Å². The van der Waals surface area contributed by atoms with E-state index < -0.39 is 0 Å². The Bertz CT molecular complexity index is 312. The van der Waals surface area contributed by atoms with Crippen molar-refractivity contribution in [1.29, 1.82) is 0 Å². The molecule has 2 rings (SSSR count). The van der Waals surface area contributed by atoms with Crippen LogP contribution in [0.5, 0.6) is 0 Å². The van der Waals surface area contributed by atoms with Crippen LogP contribution in [0.1, 0.15) is 30.0 Å². The number of hydrogen-bond acceptors (Lipinski definition) is 1. The van der Waals surface area contributed by atoms with Crippen LogP contribution in [0, 0.1) is 12.3 Å². The number of hydrogen-bond donors (Lipinski definition) is 1. The fraction of sp³-hybridized carbons (Fsp3) is 0.333. The zero-order valence-corrected chi connectivity index (χ0v) is 7.59. The lowest BCUT2D eigenvalue weighted by atomic mass is 10.0. The van der Waals surface area contributed by atoms with E-state index in [9.17, 15) is 0 Å². The van der Waals surface area contributed by atoms with E-state index in [2.05, 4.69) is 23.4 Å². The molecule has 0 saturated carbocycles. The van der Waals surface area contributed by atoms with Crippen LogP contribution in [0.25, 0.3) is 0 Å². The van der Waals surface area contributed by atoms with E-state index in [1.807, 2.05) is 12.1 Å². The molecule has 1 fully saturated rings. The maximum atomic E-state index is 5.29. The summed E-state index contributed by atoms with van der Waals surface area (Å²) in [5, 5.41) is 3.46. The maximum absolute atomic E-state index is 5.29. The van der Waals surface area contributed by atoms with E-state index >= 15 is 0 Å². The Morgan fingerprint density at radius 1 is 1.31 bits per heavy atom. The first kappa shape index (κ1) is 8.34. The molecule has 1 N–H and O–H groups in total. The molecular formula is C12H13N. The van der Waals surface area contributed by atoms with Crippen molar-refractivity contribution >= 4 is 0 Å². The molecule has 1 aliphatic heterocycles. The zero-order chi connectivity index (χ0) is 9.10. The van der Waals surface area contributed by atoms with E-state index in [0.717, 1.165) is 12.1 Å². The average Bonchev–Trinajstić information content (AvgIpc) is 2.71. The SMILES string of the molecule is C#Cc1ccc(C2CCCN2)cc1. The molecule has 0 radical (unpaired) electrons. The first-order chi connectivity index (χ1) is 6.40. The van der Waals surface area contributed by atoms with Gasteiger partial charge < -0.3 is 5.32 Å². The van der Waals surface area contributed by atoms with Gasteiger partial charge in [-0.3, -0.25) is 0 Å². The zero-order valence-electron chi connectivity index (χ0n) is 7.59. The number of rotatable bonds is 1. The summed E-state index contributed by atoms with van der Waals surface area (Å²) in [6.45, 7) is 1.14. The van der Waals surface area contributed by atoms with Gasteiger partial charge in [0.15, 0.2) is 0 Å². The molecule has 1 heteroatoms. The lowest BCUT2D eigenvalue weighted by Gasteiger charge is -2.09. The van der Waals surface area contributed by atoms with E-state index in [1.165, 1.54) is 18.4 Å². The highest BCUT2D eigenvalue weighted by Gasteiger charge is 2.15. The highest BCUT2D eigenvalue weighted by Crippen LogP contribution is 2.22. The smallest absolute Gasteiger partial charge is 0.0320 e. The molecule has 0 amide bonds. The molecule has 66 valence electrons. The van der Waals surface area contributed by atoms with Gasteiger partial charge in [0.2, 0.25) is 0 Å². The Morgan fingerprint density at radius 2 is 2.08 bits per heavy atom. The summed E-state index contributed by atoms with van der Waals surface area (Å²) in [5.41, 5.74) is 2.32. The van der Waals surface area contributed by atoms with Crippen molar-refractivity contribution in [3.63, 3.8) is 0 Å². The first-order valence-electron chi connectivity index (χ1n) is 4.70. The van der Waals surface area contributed by atoms with Crippen LogP contribution in [0.4, 0.5) is 0 Å². The van der Waals surface area contributed by atoms with Gasteiger partial charge >= 0.3 is 0 Å². The number of benzene rings is 1. The molecule has 1 heterocycles. The molecule has 1 saturated heterocycles. The Hall–Kier alpha value is -1.26. The quantitative estimate of drug-likeness (QED) is 0.638. The molecule has 0 bridgehead atoms. The van der Waals surface area contributed by atoms with Gasteiger partial charge in [-0.05, 0) is 37.1 Å². The van der Waals surface area contributed by atoms with Crippen molar-refractivity contribution in [3.8, 4) is 12.3 Å². The molecule has 0 spiro atoms. The van der Waals surface area contributed by atoms with Crippen LogP contribution < -0.4 is 5.32 Å². The summed E-state index contributed by atoms with van der Waals surface area (Å²) in [5.74, 6) is 2.62. The normalized spacial score (nSPS) is 21.3. The maximum Gasteiger partial charge on any atom is 0.0320 e. The van der Waals surface area contributed by atoms with E-state index in [0.29, 0.717) is 6.04 Å². The predicted molar refractivity (Wildman–Crippen MR) is 54.4 cm³/mol. The second kappa shape index (κ2) is 3.64. The van der Waals surface area contributed by atoms with Crippen LogP contribution in [0.3, 0.4) is 0 Å². The lowest BCUT2D eigenvalue weighted by Crippen LogP contribution is -2.12. The van der Waals surface area contributed by atoms with E-state index in [-0.39, 0.29) is 0 Å². The van der Waals surface area contributed by atoms with Gasteiger partial charge in [0.1, 0.15) is 0 Å². The molecule has 1 unspecified atom stereocenters. The molecule has 0 aromatic heterocycles. The average molecular weight is 171 g/mol. The summed E-state index contributed by atoms with van der Waals surface area (Å²) in [6, 6.07) is 8.81. The molecule has 1 aromatic rings. The number of nitrogens with one attached hydrogen (secondary N) is 1. The Labute approximate surface area is 79.2 Å². The van der Waals surface area contributed by atoms with Gasteiger partial charge in [0.25, 0.3) is 0 Å². The van der Waals surface area contributed by atoms with E-state index in [1.54, 1.807) is 0 Å². The summed E-state index contributed by atoms with van der Waals surface area (Å²) in [7, 11) is 0. The third kappa shape index (κ3) is 1.74. The van der Waals surface area contributed by atoms with Crippen molar-refractivity contribution in [2.24, 2.45) is 0 Å².